The molecule has 0 saturated heterocycles. The Balaban J connectivity index is 1.89. The van der Waals surface area contributed by atoms with Crippen molar-refractivity contribution in [1.82, 2.24) is 15.1 Å². The summed E-state index contributed by atoms with van der Waals surface area (Å²) in [6, 6.07) is 7.66. The minimum atomic E-state index is -0.538. The highest BCUT2D eigenvalue weighted by atomic mass is 16.5. The van der Waals surface area contributed by atoms with Gasteiger partial charge < -0.3 is 10.1 Å². The number of hydrogen-bond donors (Lipinski definition) is 1. The maximum atomic E-state index is 12.1. The molecule has 1 N–H and O–H groups in total. The van der Waals surface area contributed by atoms with E-state index >= 15 is 0 Å². The van der Waals surface area contributed by atoms with Crippen LogP contribution >= 0.6 is 0 Å². The fourth-order valence-corrected chi connectivity index (χ4v) is 2.09. The summed E-state index contributed by atoms with van der Waals surface area (Å²) in [5.74, 6) is 0.565. The first-order chi connectivity index (χ1) is 9.95. The minimum absolute atomic E-state index is 0.139. The zero-order chi connectivity index (χ0) is 15.4. The molecular weight excluding hydrogens is 266 g/mol. The maximum Gasteiger partial charge on any atom is 0.261 e. The van der Waals surface area contributed by atoms with E-state index in [1.165, 1.54) is 0 Å². The van der Waals surface area contributed by atoms with Gasteiger partial charge in [0.25, 0.3) is 5.91 Å². The first-order valence-electron chi connectivity index (χ1n) is 6.96. The average Bonchev–Trinajstić information content (AvgIpc) is 2.74. The fraction of sp³-hybridized carbons (Fsp3) is 0.375. The van der Waals surface area contributed by atoms with E-state index in [4.69, 9.17) is 4.74 Å². The van der Waals surface area contributed by atoms with Crippen LogP contribution in [0.2, 0.25) is 0 Å². The van der Waals surface area contributed by atoms with Crippen molar-refractivity contribution in [2.24, 2.45) is 7.05 Å². The standard InChI is InChI=1S/C16H21N3O2/c1-11-6-5-7-15(8-11)21-13(3)16(20)17-9-14-10-19(4)18-12(14)2/h5-8,10,13H,9H2,1-4H3,(H,17,20). The van der Waals surface area contributed by atoms with Crippen LogP contribution in [0.25, 0.3) is 0 Å². The molecule has 2 aromatic rings. The number of amides is 1. The quantitative estimate of drug-likeness (QED) is 0.916. The molecule has 112 valence electrons. The van der Waals surface area contributed by atoms with Crippen molar-refractivity contribution >= 4 is 5.91 Å². The summed E-state index contributed by atoms with van der Waals surface area (Å²) < 4.78 is 7.39. The van der Waals surface area contributed by atoms with Gasteiger partial charge in [-0.25, -0.2) is 0 Å². The topological polar surface area (TPSA) is 56.1 Å². The molecule has 1 unspecified atom stereocenters. The van der Waals surface area contributed by atoms with Crippen LogP contribution in [0.3, 0.4) is 0 Å². The van der Waals surface area contributed by atoms with Gasteiger partial charge in [-0.05, 0) is 38.5 Å². The number of ether oxygens (including phenoxy) is 1. The van der Waals surface area contributed by atoms with Gasteiger partial charge in [0.05, 0.1) is 5.69 Å². The third-order valence-corrected chi connectivity index (χ3v) is 3.24. The van der Waals surface area contributed by atoms with Crippen LogP contribution in [0.15, 0.2) is 30.5 Å². The molecule has 0 aliphatic rings. The number of carbonyl (C=O) groups is 1. The lowest BCUT2D eigenvalue weighted by molar-refractivity contribution is -0.127. The van der Waals surface area contributed by atoms with Crippen LogP contribution in [0, 0.1) is 13.8 Å². The van der Waals surface area contributed by atoms with Crippen LogP contribution in [0.1, 0.15) is 23.7 Å². The van der Waals surface area contributed by atoms with Crippen molar-refractivity contribution in [2.75, 3.05) is 0 Å². The van der Waals surface area contributed by atoms with Gasteiger partial charge in [-0.15, -0.1) is 0 Å². The van der Waals surface area contributed by atoms with Crippen molar-refractivity contribution in [3.63, 3.8) is 0 Å². The lowest BCUT2D eigenvalue weighted by atomic mass is 10.2. The van der Waals surface area contributed by atoms with Crippen LogP contribution in [0.4, 0.5) is 0 Å². The predicted octanol–water partition coefficient (Wildman–Crippen LogP) is 2.12. The highest BCUT2D eigenvalue weighted by Crippen LogP contribution is 2.14. The summed E-state index contributed by atoms with van der Waals surface area (Å²) >= 11 is 0. The number of aryl methyl sites for hydroxylation is 3. The summed E-state index contributed by atoms with van der Waals surface area (Å²) in [4.78, 5) is 12.1. The molecule has 1 atom stereocenters. The number of nitrogens with one attached hydrogen (secondary N) is 1. The number of hydrogen-bond acceptors (Lipinski definition) is 3. The van der Waals surface area contributed by atoms with Crippen molar-refractivity contribution in [3.8, 4) is 5.75 Å². The molecule has 0 fully saturated rings. The van der Waals surface area contributed by atoms with Crippen molar-refractivity contribution in [2.45, 2.75) is 33.4 Å². The van der Waals surface area contributed by atoms with E-state index in [-0.39, 0.29) is 5.91 Å². The van der Waals surface area contributed by atoms with Crippen molar-refractivity contribution in [3.05, 3.63) is 47.3 Å². The first kappa shape index (κ1) is 15.1. The second-order valence-electron chi connectivity index (χ2n) is 5.21. The summed E-state index contributed by atoms with van der Waals surface area (Å²) in [5, 5.41) is 7.12. The molecule has 1 aromatic heterocycles. The van der Waals surface area contributed by atoms with Crippen LogP contribution in [-0.2, 0) is 18.4 Å². The molecule has 5 heteroatoms. The predicted molar refractivity (Wildman–Crippen MR) is 81.1 cm³/mol. The van der Waals surface area contributed by atoms with Gasteiger partial charge in [-0.1, -0.05) is 12.1 Å². The van der Waals surface area contributed by atoms with Crippen molar-refractivity contribution in [1.29, 1.82) is 0 Å². The Hall–Kier alpha value is -2.30. The minimum Gasteiger partial charge on any atom is -0.481 e. The van der Waals surface area contributed by atoms with E-state index in [0.717, 1.165) is 16.8 Å². The number of nitrogens with zero attached hydrogens (tertiary/aromatic N) is 2. The lowest BCUT2D eigenvalue weighted by Crippen LogP contribution is -2.36. The average molecular weight is 287 g/mol. The molecule has 5 nitrogen and oxygen atoms in total. The normalized spacial score (nSPS) is 12.0. The zero-order valence-electron chi connectivity index (χ0n) is 12.9. The summed E-state index contributed by atoms with van der Waals surface area (Å²) in [6.07, 6.45) is 1.37. The smallest absolute Gasteiger partial charge is 0.261 e. The first-order valence-corrected chi connectivity index (χ1v) is 6.96. The Morgan fingerprint density at radius 1 is 1.43 bits per heavy atom. The van der Waals surface area contributed by atoms with Crippen LogP contribution in [-0.4, -0.2) is 21.8 Å². The van der Waals surface area contributed by atoms with Gasteiger partial charge in [-0.3, -0.25) is 9.48 Å². The highest BCUT2D eigenvalue weighted by Gasteiger charge is 2.15. The van der Waals surface area contributed by atoms with Gasteiger partial charge in [0.15, 0.2) is 6.10 Å². The third-order valence-electron chi connectivity index (χ3n) is 3.24. The second-order valence-corrected chi connectivity index (χ2v) is 5.21. The molecule has 1 heterocycles. The Labute approximate surface area is 124 Å². The van der Waals surface area contributed by atoms with Gasteiger partial charge in [0.2, 0.25) is 0 Å². The summed E-state index contributed by atoms with van der Waals surface area (Å²) in [6.45, 7) is 6.12. The van der Waals surface area contributed by atoms with E-state index in [9.17, 15) is 4.79 Å². The van der Waals surface area contributed by atoms with Gasteiger partial charge in [-0.2, -0.15) is 5.10 Å². The third kappa shape index (κ3) is 4.08. The number of aromatic nitrogens is 2. The van der Waals surface area contributed by atoms with Gasteiger partial charge in [0.1, 0.15) is 5.75 Å². The van der Waals surface area contributed by atoms with E-state index in [1.807, 2.05) is 51.4 Å². The van der Waals surface area contributed by atoms with Crippen molar-refractivity contribution < 1.29 is 9.53 Å². The van der Waals surface area contributed by atoms with Gasteiger partial charge >= 0.3 is 0 Å². The molecular formula is C16H21N3O2. The highest BCUT2D eigenvalue weighted by molar-refractivity contribution is 5.80. The Morgan fingerprint density at radius 3 is 2.81 bits per heavy atom. The molecule has 1 aromatic carbocycles. The fourth-order valence-electron chi connectivity index (χ4n) is 2.09. The number of rotatable bonds is 5. The van der Waals surface area contributed by atoms with E-state index < -0.39 is 6.10 Å². The Morgan fingerprint density at radius 2 is 2.19 bits per heavy atom. The van der Waals surface area contributed by atoms with Gasteiger partial charge in [0, 0.05) is 25.4 Å². The molecule has 0 spiro atoms. The Bertz CT molecular complexity index is 634. The number of benzene rings is 1. The van der Waals surface area contributed by atoms with Crippen LogP contribution in [0.5, 0.6) is 5.75 Å². The van der Waals surface area contributed by atoms with Crippen LogP contribution < -0.4 is 10.1 Å². The Kier molecular flexibility index (Phi) is 4.62. The summed E-state index contributed by atoms with van der Waals surface area (Å²) in [5.41, 5.74) is 3.03. The molecule has 1 amide bonds. The maximum absolute atomic E-state index is 12.1. The molecule has 0 radical (unpaired) electrons. The molecule has 21 heavy (non-hydrogen) atoms. The van der Waals surface area contributed by atoms with E-state index in [1.54, 1.807) is 11.6 Å². The second kappa shape index (κ2) is 6.43. The van der Waals surface area contributed by atoms with E-state index in [0.29, 0.717) is 12.3 Å². The number of carbonyl (C=O) groups excluding carboxylic acids is 1. The largest absolute Gasteiger partial charge is 0.481 e. The molecule has 0 saturated carbocycles. The molecule has 0 aliphatic carbocycles. The SMILES string of the molecule is Cc1cccc(OC(C)C(=O)NCc2cn(C)nc2C)c1. The molecule has 0 bridgehead atoms. The zero-order valence-corrected chi connectivity index (χ0v) is 12.9. The monoisotopic (exact) mass is 287 g/mol. The molecule has 2 rings (SSSR count). The van der Waals surface area contributed by atoms with E-state index in [2.05, 4.69) is 10.4 Å². The lowest BCUT2D eigenvalue weighted by Gasteiger charge is -2.15. The molecule has 0 aliphatic heterocycles. The summed E-state index contributed by atoms with van der Waals surface area (Å²) in [7, 11) is 1.86.